The topological polar surface area (TPSA) is 63.3 Å². The number of hydrogen-bond donors (Lipinski definition) is 1. The summed E-state index contributed by atoms with van der Waals surface area (Å²) in [5.74, 6) is 0.214. The molecule has 1 heterocycles. The van der Waals surface area contributed by atoms with Gasteiger partial charge < -0.3 is 9.63 Å². The average molecular weight is 249 g/mol. The number of aromatic nitrogens is 1. The molecule has 4 nitrogen and oxygen atoms in total. The van der Waals surface area contributed by atoms with E-state index in [-0.39, 0.29) is 0 Å². The number of carboxylic acids is 1. The number of nitrogens with zero attached hydrogens (tertiary/aromatic N) is 1. The molecular formula is C14H19NO3. The van der Waals surface area contributed by atoms with E-state index in [1.165, 1.54) is 0 Å². The molecule has 4 heteroatoms. The van der Waals surface area contributed by atoms with Crippen LogP contribution >= 0.6 is 0 Å². The van der Waals surface area contributed by atoms with E-state index in [1.54, 1.807) is 0 Å². The van der Waals surface area contributed by atoms with Crippen LogP contribution in [-0.4, -0.2) is 16.2 Å². The van der Waals surface area contributed by atoms with Gasteiger partial charge in [0.2, 0.25) is 0 Å². The Morgan fingerprint density at radius 3 is 2.56 bits per heavy atom. The quantitative estimate of drug-likeness (QED) is 0.875. The Hall–Kier alpha value is -1.32. The summed E-state index contributed by atoms with van der Waals surface area (Å²) in [4.78, 5) is 11.8. The molecule has 0 radical (unpaired) electrons. The fourth-order valence-corrected chi connectivity index (χ4v) is 3.47. The van der Waals surface area contributed by atoms with Gasteiger partial charge in [-0.1, -0.05) is 24.4 Å². The highest BCUT2D eigenvalue weighted by molar-refractivity contribution is 5.81. The lowest BCUT2D eigenvalue weighted by molar-refractivity contribution is -0.145. The van der Waals surface area contributed by atoms with Gasteiger partial charge in [-0.05, 0) is 32.1 Å². The molecule has 18 heavy (non-hydrogen) atoms. The molecule has 0 bridgehead atoms. The Labute approximate surface area is 106 Å². The van der Waals surface area contributed by atoms with E-state index in [1.807, 2.05) is 0 Å². The first-order valence-corrected chi connectivity index (χ1v) is 6.95. The van der Waals surface area contributed by atoms with Crippen molar-refractivity contribution < 1.29 is 14.4 Å². The Morgan fingerprint density at radius 1 is 1.11 bits per heavy atom. The zero-order chi connectivity index (χ0) is 12.6. The van der Waals surface area contributed by atoms with Gasteiger partial charge in [0.05, 0.1) is 0 Å². The largest absolute Gasteiger partial charge is 0.481 e. The second-order valence-electron chi connectivity index (χ2n) is 5.59. The van der Waals surface area contributed by atoms with E-state index in [2.05, 4.69) is 5.16 Å². The van der Waals surface area contributed by atoms with Gasteiger partial charge in [-0.3, -0.25) is 4.79 Å². The predicted molar refractivity (Wildman–Crippen MR) is 65.5 cm³/mol. The highest BCUT2D eigenvalue weighted by atomic mass is 16.5. The van der Waals surface area contributed by atoms with E-state index < -0.39 is 11.4 Å². The molecular weight excluding hydrogens is 230 g/mol. The number of aryl methyl sites for hydroxylation is 1. The van der Waals surface area contributed by atoms with Gasteiger partial charge in [0.1, 0.15) is 16.9 Å². The van der Waals surface area contributed by atoms with Crippen molar-refractivity contribution in [1.29, 1.82) is 0 Å². The molecule has 3 rings (SSSR count). The standard InChI is InChI=1S/C14H19NO3/c16-13(17)14(8-4-1-5-9-14)12-10-6-2-3-7-11(10)18-15-12/h1-9H2,(H,16,17). The molecule has 1 saturated carbocycles. The third kappa shape index (κ3) is 1.66. The monoisotopic (exact) mass is 249 g/mol. The van der Waals surface area contributed by atoms with Crippen LogP contribution in [0.15, 0.2) is 4.52 Å². The molecule has 1 aromatic rings. The number of rotatable bonds is 2. The van der Waals surface area contributed by atoms with Gasteiger partial charge in [0.15, 0.2) is 0 Å². The van der Waals surface area contributed by atoms with Gasteiger partial charge in [0, 0.05) is 12.0 Å². The van der Waals surface area contributed by atoms with Crippen LogP contribution in [0.2, 0.25) is 0 Å². The smallest absolute Gasteiger partial charge is 0.315 e. The van der Waals surface area contributed by atoms with Crippen LogP contribution in [0.5, 0.6) is 0 Å². The molecule has 0 spiro atoms. The van der Waals surface area contributed by atoms with Crippen LogP contribution in [0.25, 0.3) is 0 Å². The predicted octanol–water partition coefficient (Wildman–Crippen LogP) is 2.84. The molecule has 0 amide bonds. The van der Waals surface area contributed by atoms with Crippen molar-refractivity contribution in [3.63, 3.8) is 0 Å². The molecule has 0 atom stereocenters. The minimum Gasteiger partial charge on any atom is -0.481 e. The van der Waals surface area contributed by atoms with E-state index in [9.17, 15) is 9.90 Å². The maximum atomic E-state index is 11.8. The Balaban J connectivity index is 2.05. The van der Waals surface area contributed by atoms with Crippen LogP contribution in [0.4, 0.5) is 0 Å². The lowest BCUT2D eigenvalue weighted by Gasteiger charge is -2.32. The maximum Gasteiger partial charge on any atom is 0.315 e. The summed E-state index contributed by atoms with van der Waals surface area (Å²) >= 11 is 0. The minimum atomic E-state index is -0.771. The summed E-state index contributed by atoms with van der Waals surface area (Å²) in [5.41, 5.74) is 1.07. The fraction of sp³-hybridized carbons (Fsp3) is 0.714. The fourth-order valence-electron chi connectivity index (χ4n) is 3.47. The van der Waals surface area contributed by atoms with E-state index in [0.717, 1.165) is 62.0 Å². The van der Waals surface area contributed by atoms with Crippen LogP contribution in [-0.2, 0) is 23.1 Å². The Kier molecular flexibility index (Phi) is 2.88. The summed E-state index contributed by atoms with van der Waals surface area (Å²) in [6, 6.07) is 0. The second kappa shape index (κ2) is 4.41. The Bertz CT molecular complexity index is 458. The van der Waals surface area contributed by atoms with Crippen molar-refractivity contribution in [2.75, 3.05) is 0 Å². The number of carboxylic acid groups (broad SMARTS) is 1. The number of hydrogen-bond acceptors (Lipinski definition) is 3. The summed E-state index contributed by atoms with van der Waals surface area (Å²) in [6.45, 7) is 0. The van der Waals surface area contributed by atoms with Crippen molar-refractivity contribution in [2.45, 2.75) is 63.2 Å². The van der Waals surface area contributed by atoms with Gasteiger partial charge in [-0.25, -0.2) is 0 Å². The van der Waals surface area contributed by atoms with Crippen molar-refractivity contribution in [2.24, 2.45) is 0 Å². The molecule has 0 aliphatic heterocycles. The van der Waals surface area contributed by atoms with Gasteiger partial charge in [-0.15, -0.1) is 0 Å². The Morgan fingerprint density at radius 2 is 1.83 bits per heavy atom. The highest BCUT2D eigenvalue weighted by Gasteiger charge is 2.46. The van der Waals surface area contributed by atoms with Crippen LogP contribution in [0, 0.1) is 0 Å². The van der Waals surface area contributed by atoms with E-state index in [4.69, 9.17) is 4.52 Å². The molecule has 1 aromatic heterocycles. The first kappa shape index (κ1) is 11.8. The molecule has 0 saturated heterocycles. The number of carbonyl (C=O) groups is 1. The van der Waals surface area contributed by atoms with Gasteiger partial charge in [-0.2, -0.15) is 0 Å². The molecule has 2 aliphatic rings. The summed E-state index contributed by atoms with van der Waals surface area (Å²) < 4.78 is 5.40. The molecule has 0 unspecified atom stereocenters. The minimum absolute atomic E-state index is 0.710. The molecule has 2 aliphatic carbocycles. The number of aliphatic carboxylic acids is 1. The first-order chi connectivity index (χ1) is 8.74. The lowest BCUT2D eigenvalue weighted by atomic mass is 9.70. The van der Waals surface area contributed by atoms with E-state index in [0.29, 0.717) is 12.8 Å². The van der Waals surface area contributed by atoms with Crippen LogP contribution < -0.4 is 0 Å². The van der Waals surface area contributed by atoms with E-state index >= 15 is 0 Å². The number of fused-ring (bicyclic) bond motifs is 1. The maximum absolute atomic E-state index is 11.8. The summed E-state index contributed by atoms with van der Waals surface area (Å²) in [6.07, 6.45) is 8.61. The third-order valence-corrected chi connectivity index (χ3v) is 4.52. The first-order valence-electron chi connectivity index (χ1n) is 6.95. The SMILES string of the molecule is O=C(O)C1(c2noc3c2CCCC3)CCCCC1. The molecule has 1 fully saturated rings. The summed E-state index contributed by atoms with van der Waals surface area (Å²) in [7, 11) is 0. The normalized spacial score (nSPS) is 22.4. The zero-order valence-corrected chi connectivity index (χ0v) is 10.6. The van der Waals surface area contributed by atoms with Gasteiger partial charge in [0.25, 0.3) is 0 Å². The van der Waals surface area contributed by atoms with Crippen LogP contribution in [0.3, 0.4) is 0 Å². The van der Waals surface area contributed by atoms with Crippen molar-refractivity contribution in [3.8, 4) is 0 Å². The lowest BCUT2D eigenvalue weighted by Crippen LogP contribution is -2.39. The molecule has 98 valence electrons. The van der Waals surface area contributed by atoms with Gasteiger partial charge >= 0.3 is 5.97 Å². The van der Waals surface area contributed by atoms with Crippen molar-refractivity contribution >= 4 is 5.97 Å². The van der Waals surface area contributed by atoms with Crippen molar-refractivity contribution in [1.82, 2.24) is 5.16 Å². The van der Waals surface area contributed by atoms with Crippen LogP contribution in [0.1, 0.15) is 62.0 Å². The molecule has 1 N–H and O–H groups in total. The molecule has 0 aromatic carbocycles. The zero-order valence-electron chi connectivity index (χ0n) is 10.6. The second-order valence-corrected chi connectivity index (χ2v) is 5.59. The highest BCUT2D eigenvalue weighted by Crippen LogP contribution is 2.42. The summed E-state index contributed by atoms with van der Waals surface area (Å²) in [5, 5.41) is 13.8. The average Bonchev–Trinajstić information content (AvgIpc) is 2.83. The van der Waals surface area contributed by atoms with Crippen molar-refractivity contribution in [3.05, 3.63) is 17.0 Å². The third-order valence-electron chi connectivity index (χ3n) is 4.52.